The van der Waals surface area contributed by atoms with Crippen LogP contribution in [0.4, 0.5) is 0 Å². The van der Waals surface area contributed by atoms with Crippen LogP contribution in [0.1, 0.15) is 25.1 Å². The summed E-state index contributed by atoms with van der Waals surface area (Å²) >= 11 is 0. The molecule has 1 rings (SSSR count). The van der Waals surface area contributed by atoms with E-state index < -0.39 is 0 Å². The minimum atomic E-state index is 0.0914. The van der Waals surface area contributed by atoms with Crippen LogP contribution in [0.15, 0.2) is 24.4 Å². The molecule has 0 saturated carbocycles. The van der Waals surface area contributed by atoms with E-state index in [1.54, 1.807) is 13.1 Å². The molecule has 0 radical (unpaired) electrons. The third-order valence-electron chi connectivity index (χ3n) is 2.13. The lowest BCUT2D eigenvalue weighted by Gasteiger charge is -2.22. The predicted octanol–water partition coefficient (Wildman–Crippen LogP) is 1.66. The first-order chi connectivity index (χ1) is 6.61. The van der Waals surface area contributed by atoms with Crippen molar-refractivity contribution in [2.24, 2.45) is 0 Å². The summed E-state index contributed by atoms with van der Waals surface area (Å²) in [5.41, 5.74) is 0.952. The number of carbonyl (C=O) groups excluding carboxylic acids is 1. The number of aromatic nitrogens is 1. The van der Waals surface area contributed by atoms with E-state index in [1.807, 2.05) is 37.2 Å². The van der Waals surface area contributed by atoms with Crippen molar-refractivity contribution in [1.29, 1.82) is 0 Å². The molecule has 0 spiro atoms. The smallest absolute Gasteiger partial charge is 0.131 e. The van der Waals surface area contributed by atoms with E-state index in [9.17, 15) is 4.79 Å². The average Bonchev–Trinajstić information content (AvgIpc) is 2.15. The third-order valence-corrected chi connectivity index (χ3v) is 2.13. The van der Waals surface area contributed by atoms with Gasteiger partial charge in [-0.05, 0) is 33.2 Å². The van der Waals surface area contributed by atoms with Gasteiger partial charge in [-0.15, -0.1) is 0 Å². The van der Waals surface area contributed by atoms with Crippen LogP contribution < -0.4 is 0 Å². The Morgan fingerprint density at radius 2 is 2.21 bits per heavy atom. The number of carbonyl (C=O) groups is 1. The Morgan fingerprint density at radius 1 is 1.50 bits per heavy atom. The fourth-order valence-electron chi connectivity index (χ4n) is 1.40. The summed E-state index contributed by atoms with van der Waals surface area (Å²) in [6.07, 6.45) is 2.27. The summed E-state index contributed by atoms with van der Waals surface area (Å²) in [4.78, 5) is 17.4. The number of pyridine rings is 1. The molecule has 0 amide bonds. The van der Waals surface area contributed by atoms with Gasteiger partial charge in [-0.2, -0.15) is 0 Å². The van der Waals surface area contributed by atoms with Gasteiger partial charge in [0, 0.05) is 12.6 Å². The van der Waals surface area contributed by atoms with Gasteiger partial charge in [-0.25, -0.2) is 0 Å². The summed E-state index contributed by atoms with van der Waals surface area (Å²) < 4.78 is 0. The largest absolute Gasteiger partial charge is 0.301 e. The van der Waals surface area contributed by atoms with Crippen LogP contribution in [0.2, 0.25) is 0 Å². The maximum Gasteiger partial charge on any atom is 0.131 e. The Labute approximate surface area is 84.8 Å². The quantitative estimate of drug-likeness (QED) is 0.727. The fourth-order valence-corrected chi connectivity index (χ4v) is 1.40. The Bertz CT molecular complexity index is 295. The van der Waals surface area contributed by atoms with E-state index in [1.165, 1.54) is 0 Å². The molecule has 14 heavy (non-hydrogen) atoms. The third kappa shape index (κ3) is 2.92. The molecule has 0 saturated heterocycles. The second kappa shape index (κ2) is 4.86. The second-order valence-electron chi connectivity index (χ2n) is 3.64. The number of ketones is 1. The molecule has 0 aliphatic rings. The summed E-state index contributed by atoms with van der Waals surface area (Å²) in [6, 6.07) is 5.87. The molecule has 0 fully saturated rings. The van der Waals surface area contributed by atoms with Crippen molar-refractivity contribution < 1.29 is 4.79 Å². The minimum absolute atomic E-state index is 0.0914. The monoisotopic (exact) mass is 192 g/mol. The molecule has 1 atom stereocenters. The molecule has 1 unspecified atom stereocenters. The Balaban J connectivity index is 2.83. The van der Waals surface area contributed by atoms with Crippen molar-refractivity contribution in [3.8, 4) is 0 Å². The van der Waals surface area contributed by atoms with Crippen LogP contribution >= 0.6 is 0 Å². The summed E-state index contributed by atoms with van der Waals surface area (Å²) in [6.45, 7) is 1.61. The molecule has 0 aliphatic heterocycles. The van der Waals surface area contributed by atoms with Crippen molar-refractivity contribution in [1.82, 2.24) is 9.88 Å². The number of hydrogen-bond acceptors (Lipinski definition) is 3. The lowest BCUT2D eigenvalue weighted by molar-refractivity contribution is -0.118. The maximum absolute atomic E-state index is 11.1. The lowest BCUT2D eigenvalue weighted by atomic mass is 10.1. The molecule has 1 aromatic heterocycles. The van der Waals surface area contributed by atoms with Crippen molar-refractivity contribution in [3.63, 3.8) is 0 Å². The van der Waals surface area contributed by atoms with Gasteiger partial charge in [-0.3, -0.25) is 9.78 Å². The zero-order chi connectivity index (χ0) is 10.6. The van der Waals surface area contributed by atoms with E-state index in [4.69, 9.17) is 0 Å². The molecule has 1 heterocycles. The van der Waals surface area contributed by atoms with Crippen LogP contribution in [0.3, 0.4) is 0 Å². The molecule has 0 aliphatic carbocycles. The van der Waals surface area contributed by atoms with Gasteiger partial charge >= 0.3 is 0 Å². The predicted molar refractivity (Wildman–Crippen MR) is 56.0 cm³/mol. The highest BCUT2D eigenvalue weighted by Crippen LogP contribution is 2.19. The molecular weight excluding hydrogens is 176 g/mol. The van der Waals surface area contributed by atoms with Crippen molar-refractivity contribution in [3.05, 3.63) is 30.1 Å². The van der Waals surface area contributed by atoms with E-state index in [0.717, 1.165) is 5.69 Å². The van der Waals surface area contributed by atoms with Gasteiger partial charge in [0.2, 0.25) is 0 Å². The molecule has 3 heteroatoms. The maximum atomic E-state index is 11.1. The number of nitrogens with zero attached hydrogens (tertiary/aromatic N) is 2. The zero-order valence-corrected chi connectivity index (χ0v) is 8.90. The summed E-state index contributed by atoms with van der Waals surface area (Å²) in [5.74, 6) is 0.189. The Kier molecular flexibility index (Phi) is 3.77. The highest BCUT2D eigenvalue weighted by Gasteiger charge is 2.16. The summed E-state index contributed by atoms with van der Waals surface area (Å²) in [5, 5.41) is 0. The van der Waals surface area contributed by atoms with Crippen LogP contribution in [-0.2, 0) is 4.79 Å². The van der Waals surface area contributed by atoms with Crippen LogP contribution in [-0.4, -0.2) is 29.8 Å². The molecule has 0 N–H and O–H groups in total. The second-order valence-corrected chi connectivity index (χ2v) is 3.64. The highest BCUT2D eigenvalue weighted by atomic mass is 16.1. The van der Waals surface area contributed by atoms with Crippen LogP contribution in [0.5, 0.6) is 0 Å². The van der Waals surface area contributed by atoms with E-state index >= 15 is 0 Å². The van der Waals surface area contributed by atoms with Crippen molar-refractivity contribution in [2.45, 2.75) is 19.4 Å². The first-order valence-electron chi connectivity index (χ1n) is 4.68. The first kappa shape index (κ1) is 10.9. The molecule has 0 aromatic carbocycles. The van der Waals surface area contributed by atoms with Gasteiger partial charge < -0.3 is 4.90 Å². The standard InChI is InChI=1S/C11H16N2O/c1-9(14)8-11(13(2)3)10-6-4-5-7-12-10/h4-7,11H,8H2,1-3H3. The average molecular weight is 192 g/mol. The zero-order valence-electron chi connectivity index (χ0n) is 8.90. The molecular formula is C11H16N2O. The van der Waals surface area contributed by atoms with Gasteiger partial charge in [0.1, 0.15) is 5.78 Å². The summed E-state index contributed by atoms with van der Waals surface area (Å²) in [7, 11) is 3.92. The SMILES string of the molecule is CC(=O)CC(c1ccccn1)N(C)C. The van der Waals surface area contributed by atoms with E-state index in [2.05, 4.69) is 4.98 Å². The number of Topliss-reactive ketones (excluding diaryl/α,β-unsaturated/α-hetero) is 1. The highest BCUT2D eigenvalue weighted by molar-refractivity contribution is 5.76. The van der Waals surface area contributed by atoms with Crippen LogP contribution in [0.25, 0.3) is 0 Å². The normalized spacial score (nSPS) is 12.9. The first-order valence-corrected chi connectivity index (χ1v) is 4.68. The molecule has 76 valence electrons. The number of rotatable bonds is 4. The topological polar surface area (TPSA) is 33.2 Å². The van der Waals surface area contributed by atoms with Crippen molar-refractivity contribution in [2.75, 3.05) is 14.1 Å². The Hall–Kier alpha value is -1.22. The lowest BCUT2D eigenvalue weighted by Crippen LogP contribution is -2.22. The van der Waals surface area contributed by atoms with E-state index in [-0.39, 0.29) is 11.8 Å². The molecule has 3 nitrogen and oxygen atoms in total. The van der Waals surface area contributed by atoms with Crippen molar-refractivity contribution >= 4 is 5.78 Å². The molecule has 0 bridgehead atoms. The van der Waals surface area contributed by atoms with Gasteiger partial charge in [0.25, 0.3) is 0 Å². The minimum Gasteiger partial charge on any atom is -0.301 e. The van der Waals surface area contributed by atoms with E-state index in [0.29, 0.717) is 6.42 Å². The van der Waals surface area contributed by atoms with Gasteiger partial charge in [0.05, 0.1) is 11.7 Å². The number of hydrogen-bond donors (Lipinski definition) is 0. The fraction of sp³-hybridized carbons (Fsp3) is 0.455. The van der Waals surface area contributed by atoms with Crippen LogP contribution in [0, 0.1) is 0 Å². The molecule has 1 aromatic rings. The van der Waals surface area contributed by atoms with Gasteiger partial charge in [0.15, 0.2) is 0 Å². The Morgan fingerprint density at radius 3 is 2.64 bits per heavy atom. The van der Waals surface area contributed by atoms with Gasteiger partial charge in [-0.1, -0.05) is 6.07 Å².